The number of hydrogen-bond acceptors (Lipinski definition) is 5. The van der Waals surface area contributed by atoms with Gasteiger partial charge in [0, 0.05) is 13.0 Å². The van der Waals surface area contributed by atoms with Crippen molar-refractivity contribution >= 4 is 17.8 Å². The van der Waals surface area contributed by atoms with E-state index < -0.39 is 17.9 Å². The average molecular weight is 321 g/mol. The van der Waals surface area contributed by atoms with E-state index >= 15 is 0 Å². The van der Waals surface area contributed by atoms with Crippen LogP contribution in [0, 0.1) is 0 Å². The highest BCUT2D eigenvalue weighted by atomic mass is 16.5. The molecule has 1 unspecified atom stereocenters. The molecule has 0 aliphatic rings. The quantitative estimate of drug-likeness (QED) is 0.558. The lowest BCUT2D eigenvalue weighted by molar-refractivity contribution is -0.145. The Labute approximate surface area is 135 Å². The van der Waals surface area contributed by atoms with Crippen molar-refractivity contribution in [1.29, 1.82) is 0 Å². The van der Waals surface area contributed by atoms with Gasteiger partial charge in [0.1, 0.15) is 13.2 Å². The number of nitrogens with one attached hydrogen (secondary N) is 2. The van der Waals surface area contributed by atoms with Crippen LogP contribution >= 0.6 is 0 Å². The van der Waals surface area contributed by atoms with E-state index in [1.165, 1.54) is 0 Å². The van der Waals surface area contributed by atoms with E-state index in [1.807, 2.05) is 37.3 Å². The largest absolute Gasteiger partial charge is 0.460 e. The van der Waals surface area contributed by atoms with Crippen LogP contribution in [0.15, 0.2) is 30.3 Å². The highest BCUT2D eigenvalue weighted by Gasteiger charge is 2.16. The van der Waals surface area contributed by atoms with Crippen LogP contribution in [0.3, 0.4) is 0 Å². The number of carbonyl (C=O) groups excluding carboxylic acids is 3. The van der Waals surface area contributed by atoms with Gasteiger partial charge < -0.3 is 21.1 Å². The van der Waals surface area contributed by atoms with Crippen molar-refractivity contribution in [3.63, 3.8) is 0 Å². The van der Waals surface area contributed by atoms with Crippen LogP contribution in [0.25, 0.3) is 0 Å². The van der Waals surface area contributed by atoms with Gasteiger partial charge in [-0.2, -0.15) is 0 Å². The first kappa shape index (κ1) is 18.6. The van der Waals surface area contributed by atoms with Crippen LogP contribution in [0.2, 0.25) is 0 Å². The summed E-state index contributed by atoms with van der Waals surface area (Å²) < 4.78 is 5.03. The van der Waals surface area contributed by atoms with Gasteiger partial charge in [-0.15, -0.1) is 0 Å². The van der Waals surface area contributed by atoms with Gasteiger partial charge >= 0.3 is 5.97 Å². The fraction of sp³-hybridized carbons (Fsp3) is 0.438. The molecule has 126 valence electrons. The Morgan fingerprint density at radius 1 is 1.17 bits per heavy atom. The summed E-state index contributed by atoms with van der Waals surface area (Å²) in [5.41, 5.74) is 6.54. The van der Waals surface area contributed by atoms with Crippen molar-refractivity contribution in [1.82, 2.24) is 10.6 Å². The molecule has 23 heavy (non-hydrogen) atoms. The third-order valence-electron chi connectivity index (χ3n) is 3.04. The summed E-state index contributed by atoms with van der Waals surface area (Å²) in [6, 6.07) is 8.40. The maximum atomic E-state index is 11.7. The standard InChI is InChI=1S/C16H23N3O4/c1-2-18-14(20)9-8-13(17)16(22)19-10-15(21)23-11-12-6-4-3-5-7-12/h3-7,13H,2,8-11,17H2,1H3,(H,18,20)(H,19,22). The molecule has 0 bridgehead atoms. The molecule has 1 rings (SSSR count). The van der Waals surface area contributed by atoms with Gasteiger partial charge in [0.05, 0.1) is 6.04 Å². The molecule has 0 heterocycles. The first-order chi connectivity index (χ1) is 11.0. The second kappa shape index (κ2) is 10.3. The number of esters is 1. The second-order valence-electron chi connectivity index (χ2n) is 4.96. The predicted octanol–water partition coefficient (Wildman–Crippen LogP) is 0.0896. The summed E-state index contributed by atoms with van der Waals surface area (Å²) in [7, 11) is 0. The van der Waals surface area contributed by atoms with Crippen molar-refractivity contribution in [2.75, 3.05) is 13.1 Å². The highest BCUT2D eigenvalue weighted by molar-refractivity contribution is 5.86. The fourth-order valence-corrected chi connectivity index (χ4v) is 1.78. The molecular weight excluding hydrogens is 298 g/mol. The molecule has 0 saturated heterocycles. The zero-order valence-corrected chi connectivity index (χ0v) is 13.2. The number of benzene rings is 1. The Bertz CT molecular complexity index is 519. The molecule has 0 fully saturated rings. The number of ether oxygens (including phenoxy) is 1. The molecular formula is C16H23N3O4. The lowest BCUT2D eigenvalue weighted by Crippen LogP contribution is -2.43. The Morgan fingerprint density at radius 2 is 1.87 bits per heavy atom. The van der Waals surface area contributed by atoms with E-state index in [-0.39, 0.29) is 31.9 Å². The number of amides is 2. The third kappa shape index (κ3) is 7.96. The van der Waals surface area contributed by atoms with Crippen LogP contribution in [0.4, 0.5) is 0 Å². The van der Waals surface area contributed by atoms with Gasteiger partial charge in [0.25, 0.3) is 0 Å². The maximum Gasteiger partial charge on any atom is 0.325 e. The molecule has 1 atom stereocenters. The first-order valence-corrected chi connectivity index (χ1v) is 7.52. The highest BCUT2D eigenvalue weighted by Crippen LogP contribution is 2.00. The summed E-state index contributed by atoms with van der Waals surface area (Å²) in [5.74, 6) is -1.18. The first-order valence-electron chi connectivity index (χ1n) is 7.52. The monoisotopic (exact) mass is 321 g/mol. The smallest absolute Gasteiger partial charge is 0.325 e. The maximum absolute atomic E-state index is 11.7. The van der Waals surface area contributed by atoms with Gasteiger partial charge in [-0.05, 0) is 18.9 Å². The molecule has 0 spiro atoms. The molecule has 0 radical (unpaired) electrons. The van der Waals surface area contributed by atoms with Crippen molar-refractivity contribution in [3.05, 3.63) is 35.9 Å². The SMILES string of the molecule is CCNC(=O)CCC(N)C(=O)NCC(=O)OCc1ccccc1. The minimum atomic E-state index is -0.834. The number of rotatable bonds is 9. The predicted molar refractivity (Wildman–Crippen MR) is 85.1 cm³/mol. The summed E-state index contributed by atoms with van der Waals surface area (Å²) in [4.78, 5) is 34.6. The van der Waals surface area contributed by atoms with E-state index in [0.717, 1.165) is 5.56 Å². The van der Waals surface area contributed by atoms with Crippen molar-refractivity contribution in [2.24, 2.45) is 5.73 Å². The van der Waals surface area contributed by atoms with Gasteiger partial charge in [-0.25, -0.2) is 0 Å². The summed E-state index contributed by atoms with van der Waals surface area (Å²) in [5, 5.41) is 5.03. The molecule has 1 aromatic carbocycles. The van der Waals surface area contributed by atoms with Gasteiger partial charge in [0.2, 0.25) is 11.8 Å². The summed E-state index contributed by atoms with van der Waals surface area (Å²) in [6.07, 6.45) is 0.387. The Kier molecular flexibility index (Phi) is 8.38. The zero-order valence-electron chi connectivity index (χ0n) is 13.2. The summed E-state index contributed by atoms with van der Waals surface area (Å²) >= 11 is 0. The molecule has 0 aliphatic carbocycles. The number of nitrogens with two attached hydrogens (primary N) is 1. The number of carbonyl (C=O) groups is 3. The van der Waals surface area contributed by atoms with Crippen LogP contribution < -0.4 is 16.4 Å². The molecule has 0 aliphatic heterocycles. The Morgan fingerprint density at radius 3 is 2.52 bits per heavy atom. The van der Waals surface area contributed by atoms with Crippen LogP contribution in [-0.2, 0) is 25.7 Å². The minimum Gasteiger partial charge on any atom is -0.460 e. The lowest BCUT2D eigenvalue weighted by Gasteiger charge is -2.12. The van der Waals surface area contributed by atoms with Gasteiger partial charge in [-0.3, -0.25) is 14.4 Å². The van der Waals surface area contributed by atoms with E-state index in [0.29, 0.717) is 6.54 Å². The Balaban J connectivity index is 2.21. The van der Waals surface area contributed by atoms with E-state index in [4.69, 9.17) is 10.5 Å². The van der Waals surface area contributed by atoms with E-state index in [9.17, 15) is 14.4 Å². The van der Waals surface area contributed by atoms with E-state index in [1.54, 1.807) is 0 Å². The normalized spacial score (nSPS) is 11.4. The van der Waals surface area contributed by atoms with Gasteiger partial charge in [-0.1, -0.05) is 30.3 Å². The molecule has 2 amide bonds. The van der Waals surface area contributed by atoms with Crippen molar-refractivity contribution in [2.45, 2.75) is 32.4 Å². The molecule has 4 N–H and O–H groups in total. The average Bonchev–Trinajstić information content (AvgIpc) is 2.56. The molecule has 0 saturated carbocycles. The topological polar surface area (TPSA) is 111 Å². The summed E-state index contributed by atoms with van der Waals surface area (Å²) in [6.45, 7) is 2.25. The Hall–Kier alpha value is -2.41. The van der Waals surface area contributed by atoms with Crippen molar-refractivity contribution < 1.29 is 19.1 Å². The minimum absolute atomic E-state index is 0.152. The number of hydrogen-bond donors (Lipinski definition) is 3. The molecule has 1 aromatic rings. The van der Waals surface area contributed by atoms with Crippen LogP contribution in [0.1, 0.15) is 25.3 Å². The van der Waals surface area contributed by atoms with Crippen LogP contribution in [-0.4, -0.2) is 36.9 Å². The zero-order chi connectivity index (χ0) is 17.1. The van der Waals surface area contributed by atoms with Crippen LogP contribution in [0.5, 0.6) is 0 Å². The molecule has 7 nitrogen and oxygen atoms in total. The molecule has 7 heteroatoms. The molecule has 0 aromatic heterocycles. The van der Waals surface area contributed by atoms with Crippen molar-refractivity contribution in [3.8, 4) is 0 Å². The third-order valence-corrected chi connectivity index (χ3v) is 3.04. The second-order valence-corrected chi connectivity index (χ2v) is 4.96. The lowest BCUT2D eigenvalue weighted by atomic mass is 10.1. The van der Waals surface area contributed by atoms with E-state index in [2.05, 4.69) is 10.6 Å². The van der Waals surface area contributed by atoms with Gasteiger partial charge in [0.15, 0.2) is 0 Å². The fourth-order valence-electron chi connectivity index (χ4n) is 1.78.